The summed E-state index contributed by atoms with van der Waals surface area (Å²) >= 11 is 0. The molecule has 0 saturated carbocycles. The van der Waals surface area contributed by atoms with Crippen molar-refractivity contribution in [1.82, 2.24) is 5.32 Å². The fourth-order valence-corrected chi connectivity index (χ4v) is 1.61. The Bertz CT molecular complexity index is 312. The molecule has 0 aromatic heterocycles. The van der Waals surface area contributed by atoms with E-state index in [-0.39, 0.29) is 0 Å². The number of hydrogen-bond acceptors (Lipinski definition) is 2. The summed E-state index contributed by atoms with van der Waals surface area (Å²) in [4.78, 5) is 0. The monoisotopic (exact) mass is 235 g/mol. The van der Waals surface area contributed by atoms with Crippen molar-refractivity contribution in [2.45, 2.75) is 46.1 Å². The van der Waals surface area contributed by atoms with Crippen molar-refractivity contribution in [3.05, 3.63) is 29.8 Å². The van der Waals surface area contributed by atoms with Crippen LogP contribution in [0.1, 0.15) is 39.2 Å². The normalized spacial score (nSPS) is 12.4. The molecule has 0 fully saturated rings. The van der Waals surface area contributed by atoms with E-state index in [1.807, 2.05) is 6.07 Å². The second-order valence-electron chi connectivity index (χ2n) is 4.47. The summed E-state index contributed by atoms with van der Waals surface area (Å²) in [6, 6.07) is 8.96. The summed E-state index contributed by atoms with van der Waals surface area (Å²) in [6.45, 7) is 8.39. The number of hydrogen-bond donors (Lipinski definition) is 1. The Hall–Kier alpha value is -1.02. The Kier molecular flexibility index (Phi) is 6.71. The maximum atomic E-state index is 5.72. The van der Waals surface area contributed by atoms with Gasteiger partial charge in [0, 0.05) is 6.04 Å². The highest BCUT2D eigenvalue weighted by Crippen LogP contribution is 2.13. The fourth-order valence-electron chi connectivity index (χ4n) is 1.61. The molecule has 0 saturated heterocycles. The van der Waals surface area contributed by atoms with Crippen molar-refractivity contribution < 1.29 is 4.74 Å². The standard InChI is InChI=1S/C15H25NO/c1-4-13(3)16-10-7-11-17-15-9-6-8-14(5-2)12-15/h6,8-9,12-13,16H,4-5,7,10-11H2,1-3H3/t13-/m0/s1. The molecule has 0 unspecified atom stereocenters. The summed E-state index contributed by atoms with van der Waals surface area (Å²) in [7, 11) is 0. The number of nitrogens with one attached hydrogen (secondary N) is 1. The molecule has 0 bridgehead atoms. The second kappa shape index (κ2) is 8.13. The predicted octanol–water partition coefficient (Wildman–Crippen LogP) is 3.41. The van der Waals surface area contributed by atoms with E-state index in [9.17, 15) is 0 Å². The number of rotatable bonds is 8. The summed E-state index contributed by atoms with van der Waals surface area (Å²) in [5.41, 5.74) is 1.33. The van der Waals surface area contributed by atoms with Crippen LogP contribution in [0, 0.1) is 0 Å². The van der Waals surface area contributed by atoms with Crippen molar-refractivity contribution in [2.75, 3.05) is 13.2 Å². The van der Waals surface area contributed by atoms with E-state index in [4.69, 9.17) is 4.74 Å². The van der Waals surface area contributed by atoms with E-state index >= 15 is 0 Å². The predicted molar refractivity (Wildman–Crippen MR) is 73.7 cm³/mol. The minimum atomic E-state index is 0.610. The van der Waals surface area contributed by atoms with E-state index in [0.29, 0.717) is 6.04 Å². The quantitative estimate of drug-likeness (QED) is 0.697. The lowest BCUT2D eigenvalue weighted by Gasteiger charge is -2.11. The highest BCUT2D eigenvalue weighted by atomic mass is 16.5. The molecule has 1 rings (SSSR count). The molecule has 96 valence electrons. The van der Waals surface area contributed by atoms with Crippen molar-refractivity contribution in [3.63, 3.8) is 0 Å². The van der Waals surface area contributed by atoms with Crippen molar-refractivity contribution in [2.24, 2.45) is 0 Å². The molecular weight excluding hydrogens is 210 g/mol. The summed E-state index contributed by atoms with van der Waals surface area (Å²) in [6.07, 6.45) is 3.30. The largest absolute Gasteiger partial charge is 0.494 e. The van der Waals surface area contributed by atoms with Gasteiger partial charge in [0.1, 0.15) is 5.75 Å². The van der Waals surface area contributed by atoms with Gasteiger partial charge in [0.15, 0.2) is 0 Å². The van der Waals surface area contributed by atoms with Crippen molar-refractivity contribution in [3.8, 4) is 5.75 Å². The first-order chi connectivity index (χ1) is 8.26. The molecule has 0 radical (unpaired) electrons. The lowest BCUT2D eigenvalue weighted by atomic mass is 10.2. The van der Waals surface area contributed by atoms with Gasteiger partial charge in [0.2, 0.25) is 0 Å². The lowest BCUT2D eigenvalue weighted by molar-refractivity contribution is 0.305. The van der Waals surface area contributed by atoms with Crippen molar-refractivity contribution in [1.29, 1.82) is 0 Å². The average molecular weight is 235 g/mol. The zero-order valence-corrected chi connectivity index (χ0v) is 11.3. The number of aryl methyl sites for hydroxylation is 1. The molecule has 0 heterocycles. The van der Waals surface area contributed by atoms with Gasteiger partial charge < -0.3 is 10.1 Å². The molecule has 1 aromatic rings. The third kappa shape index (κ3) is 5.73. The maximum Gasteiger partial charge on any atom is 0.119 e. The topological polar surface area (TPSA) is 21.3 Å². The van der Waals surface area contributed by atoms with E-state index in [1.54, 1.807) is 0 Å². The molecule has 1 atom stereocenters. The summed E-state index contributed by atoms with van der Waals surface area (Å²) in [5, 5.41) is 3.46. The van der Waals surface area contributed by atoms with Crippen LogP contribution in [-0.2, 0) is 6.42 Å². The van der Waals surface area contributed by atoms with Gasteiger partial charge in [0.05, 0.1) is 6.61 Å². The first-order valence-corrected chi connectivity index (χ1v) is 6.71. The van der Waals surface area contributed by atoms with E-state index in [2.05, 4.69) is 44.3 Å². The first kappa shape index (κ1) is 14.0. The van der Waals surface area contributed by atoms with Crippen LogP contribution in [0.5, 0.6) is 5.75 Å². The molecule has 0 aliphatic heterocycles. The number of benzene rings is 1. The Morgan fingerprint density at radius 1 is 1.29 bits per heavy atom. The molecule has 2 heteroatoms. The van der Waals surface area contributed by atoms with Crippen LogP contribution in [0.4, 0.5) is 0 Å². The molecule has 0 aliphatic rings. The van der Waals surface area contributed by atoms with Crippen LogP contribution in [-0.4, -0.2) is 19.2 Å². The summed E-state index contributed by atoms with van der Waals surface area (Å²) in [5.74, 6) is 0.993. The second-order valence-corrected chi connectivity index (χ2v) is 4.47. The minimum Gasteiger partial charge on any atom is -0.494 e. The molecule has 0 spiro atoms. The molecule has 17 heavy (non-hydrogen) atoms. The van der Waals surface area contributed by atoms with Crippen LogP contribution >= 0.6 is 0 Å². The van der Waals surface area contributed by atoms with Gasteiger partial charge in [-0.05, 0) is 50.4 Å². The molecular formula is C15H25NO. The van der Waals surface area contributed by atoms with Crippen LogP contribution in [0.25, 0.3) is 0 Å². The Morgan fingerprint density at radius 3 is 2.82 bits per heavy atom. The third-order valence-corrected chi connectivity index (χ3v) is 3.00. The van der Waals surface area contributed by atoms with Gasteiger partial charge in [-0.3, -0.25) is 0 Å². The zero-order valence-electron chi connectivity index (χ0n) is 11.3. The fraction of sp³-hybridized carbons (Fsp3) is 0.600. The Balaban J connectivity index is 2.17. The third-order valence-electron chi connectivity index (χ3n) is 3.00. The summed E-state index contributed by atoms with van der Waals surface area (Å²) < 4.78 is 5.72. The molecule has 1 aromatic carbocycles. The van der Waals surface area contributed by atoms with Gasteiger partial charge in [-0.15, -0.1) is 0 Å². The van der Waals surface area contributed by atoms with Crippen LogP contribution in [0.2, 0.25) is 0 Å². The van der Waals surface area contributed by atoms with Gasteiger partial charge in [-0.2, -0.15) is 0 Å². The van der Waals surface area contributed by atoms with E-state index in [0.717, 1.165) is 31.7 Å². The van der Waals surface area contributed by atoms with Gasteiger partial charge >= 0.3 is 0 Å². The average Bonchev–Trinajstić information content (AvgIpc) is 2.38. The highest BCUT2D eigenvalue weighted by molar-refractivity contribution is 5.28. The molecule has 0 amide bonds. The van der Waals surface area contributed by atoms with E-state index in [1.165, 1.54) is 12.0 Å². The van der Waals surface area contributed by atoms with Crippen LogP contribution < -0.4 is 10.1 Å². The minimum absolute atomic E-state index is 0.610. The van der Waals surface area contributed by atoms with E-state index < -0.39 is 0 Å². The molecule has 1 N–H and O–H groups in total. The number of ether oxygens (including phenoxy) is 1. The van der Waals surface area contributed by atoms with Crippen LogP contribution in [0.15, 0.2) is 24.3 Å². The van der Waals surface area contributed by atoms with Gasteiger partial charge in [-0.25, -0.2) is 0 Å². The SMILES string of the molecule is CCc1cccc(OCCCN[C@@H](C)CC)c1. The van der Waals surface area contributed by atoms with Crippen molar-refractivity contribution >= 4 is 0 Å². The first-order valence-electron chi connectivity index (χ1n) is 6.71. The van der Waals surface area contributed by atoms with Crippen LogP contribution in [0.3, 0.4) is 0 Å². The Morgan fingerprint density at radius 2 is 2.12 bits per heavy atom. The zero-order chi connectivity index (χ0) is 12.5. The molecule has 0 aliphatic carbocycles. The molecule has 2 nitrogen and oxygen atoms in total. The smallest absolute Gasteiger partial charge is 0.119 e. The Labute approximate surface area is 105 Å². The van der Waals surface area contributed by atoms with Gasteiger partial charge in [-0.1, -0.05) is 26.0 Å². The highest BCUT2D eigenvalue weighted by Gasteiger charge is 1.98. The lowest BCUT2D eigenvalue weighted by Crippen LogP contribution is -2.27. The maximum absolute atomic E-state index is 5.72. The van der Waals surface area contributed by atoms with Gasteiger partial charge in [0.25, 0.3) is 0 Å².